The van der Waals surface area contributed by atoms with Gasteiger partial charge in [-0.3, -0.25) is 9.59 Å². The standard InChI is InChI=1S/C19H13N3O4S/c1-25-10-2-3-13-9(6-10)7-12(19(24)20-13)11-8-16(23)26-15-5-4-14-18(17(11)15)22-27-21-14/h2-7,11H,8H2,1H3,(H,20,24)/t11-/m0/s1. The molecule has 4 aromatic rings. The van der Waals surface area contributed by atoms with Gasteiger partial charge in [-0.25, -0.2) is 0 Å². The zero-order chi connectivity index (χ0) is 18.5. The highest BCUT2D eigenvalue weighted by molar-refractivity contribution is 7.00. The second kappa shape index (κ2) is 5.88. The molecule has 27 heavy (non-hydrogen) atoms. The summed E-state index contributed by atoms with van der Waals surface area (Å²) in [6, 6.07) is 10.7. The van der Waals surface area contributed by atoms with Crippen molar-refractivity contribution in [2.45, 2.75) is 12.3 Å². The van der Waals surface area contributed by atoms with E-state index >= 15 is 0 Å². The number of ether oxygens (including phenoxy) is 2. The molecular weight excluding hydrogens is 366 g/mol. The lowest BCUT2D eigenvalue weighted by Gasteiger charge is -2.24. The van der Waals surface area contributed by atoms with E-state index < -0.39 is 5.92 Å². The molecule has 2 aromatic heterocycles. The number of H-pyrrole nitrogens is 1. The fourth-order valence-corrected chi connectivity index (χ4v) is 4.11. The molecule has 5 rings (SSSR count). The van der Waals surface area contributed by atoms with Gasteiger partial charge in [0.1, 0.15) is 22.5 Å². The number of hydrogen-bond donors (Lipinski definition) is 1. The van der Waals surface area contributed by atoms with Crippen molar-refractivity contribution < 1.29 is 14.3 Å². The number of carbonyl (C=O) groups is 1. The Morgan fingerprint density at radius 2 is 2.07 bits per heavy atom. The molecule has 0 bridgehead atoms. The molecule has 1 atom stereocenters. The number of rotatable bonds is 2. The van der Waals surface area contributed by atoms with Gasteiger partial charge in [0.2, 0.25) is 0 Å². The molecule has 0 saturated heterocycles. The van der Waals surface area contributed by atoms with E-state index in [0.29, 0.717) is 28.1 Å². The van der Waals surface area contributed by atoms with Crippen molar-refractivity contribution in [3.05, 3.63) is 57.9 Å². The highest BCUT2D eigenvalue weighted by atomic mass is 32.1. The van der Waals surface area contributed by atoms with E-state index in [1.807, 2.05) is 12.1 Å². The molecule has 2 aromatic carbocycles. The van der Waals surface area contributed by atoms with E-state index in [9.17, 15) is 9.59 Å². The van der Waals surface area contributed by atoms with E-state index in [2.05, 4.69) is 13.7 Å². The highest BCUT2D eigenvalue weighted by Gasteiger charge is 2.33. The van der Waals surface area contributed by atoms with Crippen LogP contribution in [0.5, 0.6) is 11.5 Å². The maximum atomic E-state index is 12.8. The smallest absolute Gasteiger partial charge is 0.312 e. The van der Waals surface area contributed by atoms with E-state index in [0.717, 1.165) is 28.2 Å². The number of nitrogens with zero attached hydrogens (tertiary/aromatic N) is 2. The van der Waals surface area contributed by atoms with Crippen LogP contribution in [0.1, 0.15) is 23.5 Å². The molecule has 0 spiro atoms. The summed E-state index contributed by atoms with van der Waals surface area (Å²) in [5.41, 5.74) is 3.08. The van der Waals surface area contributed by atoms with Gasteiger partial charge in [0, 0.05) is 27.9 Å². The average Bonchev–Trinajstić information content (AvgIpc) is 3.15. The molecule has 1 aliphatic heterocycles. The summed E-state index contributed by atoms with van der Waals surface area (Å²) >= 11 is 1.09. The van der Waals surface area contributed by atoms with Crippen molar-refractivity contribution in [3.8, 4) is 11.5 Å². The van der Waals surface area contributed by atoms with Crippen LogP contribution < -0.4 is 15.0 Å². The van der Waals surface area contributed by atoms with Gasteiger partial charge in [0.25, 0.3) is 5.56 Å². The number of aromatic amines is 1. The van der Waals surface area contributed by atoms with Crippen LogP contribution in [-0.2, 0) is 4.79 Å². The van der Waals surface area contributed by atoms with Gasteiger partial charge in [-0.15, -0.1) is 0 Å². The van der Waals surface area contributed by atoms with Gasteiger partial charge in [-0.2, -0.15) is 8.75 Å². The van der Waals surface area contributed by atoms with Crippen molar-refractivity contribution in [2.75, 3.05) is 7.11 Å². The van der Waals surface area contributed by atoms with E-state index in [4.69, 9.17) is 9.47 Å². The predicted octanol–water partition coefficient (Wildman–Crippen LogP) is 2.98. The summed E-state index contributed by atoms with van der Waals surface area (Å²) in [7, 11) is 1.59. The molecule has 0 radical (unpaired) electrons. The third kappa shape index (κ3) is 2.48. The number of aromatic nitrogens is 3. The van der Waals surface area contributed by atoms with Crippen LogP contribution in [0.4, 0.5) is 0 Å². The fraction of sp³-hybridized carbons (Fsp3) is 0.158. The summed E-state index contributed by atoms with van der Waals surface area (Å²) in [4.78, 5) is 27.9. The second-order valence-electron chi connectivity index (χ2n) is 6.35. The Morgan fingerprint density at radius 1 is 1.19 bits per heavy atom. The zero-order valence-corrected chi connectivity index (χ0v) is 15.0. The van der Waals surface area contributed by atoms with Gasteiger partial charge in [-0.1, -0.05) is 0 Å². The number of benzene rings is 2. The van der Waals surface area contributed by atoms with E-state index in [1.165, 1.54) is 0 Å². The van der Waals surface area contributed by atoms with Crippen LogP contribution in [0.25, 0.3) is 21.9 Å². The quantitative estimate of drug-likeness (QED) is 0.425. The molecule has 8 heteroatoms. The van der Waals surface area contributed by atoms with Crippen molar-refractivity contribution in [1.29, 1.82) is 0 Å². The molecular formula is C19H13N3O4S. The Hall–Kier alpha value is -3.26. The van der Waals surface area contributed by atoms with Crippen molar-refractivity contribution in [1.82, 2.24) is 13.7 Å². The lowest BCUT2D eigenvalue weighted by molar-refractivity contribution is -0.135. The monoisotopic (exact) mass is 379 g/mol. The fourth-order valence-electron chi connectivity index (χ4n) is 3.56. The molecule has 134 valence electrons. The molecule has 1 aliphatic rings. The number of nitrogens with one attached hydrogen (secondary N) is 1. The molecule has 0 fully saturated rings. The number of methoxy groups -OCH3 is 1. The normalized spacial score (nSPS) is 16.3. The Balaban J connectivity index is 1.77. The van der Waals surface area contributed by atoms with Crippen molar-refractivity contribution in [3.63, 3.8) is 0 Å². The first kappa shape index (κ1) is 16.0. The van der Waals surface area contributed by atoms with Crippen molar-refractivity contribution in [2.24, 2.45) is 0 Å². The Morgan fingerprint density at radius 3 is 2.93 bits per heavy atom. The van der Waals surface area contributed by atoms with Gasteiger partial charge < -0.3 is 14.5 Å². The van der Waals surface area contributed by atoms with Crippen LogP contribution in [-0.4, -0.2) is 26.8 Å². The molecule has 0 amide bonds. The lowest BCUT2D eigenvalue weighted by Crippen LogP contribution is -2.26. The minimum atomic E-state index is -0.451. The van der Waals surface area contributed by atoms with Gasteiger partial charge >= 0.3 is 5.97 Å². The summed E-state index contributed by atoms with van der Waals surface area (Å²) in [6.45, 7) is 0. The molecule has 7 nitrogen and oxygen atoms in total. The van der Waals surface area contributed by atoms with Crippen LogP contribution in [0.15, 0.2) is 41.2 Å². The Bertz CT molecular complexity index is 1280. The van der Waals surface area contributed by atoms with Crippen LogP contribution >= 0.6 is 11.7 Å². The van der Waals surface area contributed by atoms with Gasteiger partial charge in [-0.05, 0) is 36.4 Å². The van der Waals surface area contributed by atoms with Gasteiger partial charge in [0.05, 0.1) is 25.3 Å². The number of pyridine rings is 1. The van der Waals surface area contributed by atoms with E-state index in [-0.39, 0.29) is 17.9 Å². The Labute approximate surface area is 156 Å². The highest BCUT2D eigenvalue weighted by Crippen LogP contribution is 2.41. The topological polar surface area (TPSA) is 94.2 Å². The van der Waals surface area contributed by atoms with Crippen LogP contribution in [0.2, 0.25) is 0 Å². The summed E-state index contributed by atoms with van der Waals surface area (Å²) < 4.78 is 19.3. The number of hydrogen-bond acceptors (Lipinski definition) is 7. The molecule has 0 unspecified atom stereocenters. The number of fused-ring (bicyclic) bond motifs is 4. The molecule has 3 heterocycles. The first-order valence-electron chi connectivity index (χ1n) is 8.31. The van der Waals surface area contributed by atoms with Crippen molar-refractivity contribution >= 4 is 39.6 Å². The maximum absolute atomic E-state index is 12.8. The molecule has 0 aliphatic carbocycles. The minimum Gasteiger partial charge on any atom is -0.497 e. The second-order valence-corrected chi connectivity index (χ2v) is 6.88. The summed E-state index contributed by atoms with van der Waals surface area (Å²) in [5.74, 6) is 0.296. The third-order valence-electron chi connectivity index (χ3n) is 4.83. The number of esters is 1. The first-order chi connectivity index (χ1) is 13.1. The third-order valence-corrected chi connectivity index (χ3v) is 5.37. The van der Waals surface area contributed by atoms with Gasteiger partial charge in [0.15, 0.2) is 0 Å². The first-order valence-corrected chi connectivity index (χ1v) is 9.04. The summed E-state index contributed by atoms with van der Waals surface area (Å²) in [6.07, 6.45) is 0.0716. The molecule has 0 saturated carbocycles. The summed E-state index contributed by atoms with van der Waals surface area (Å²) in [5, 5.41) is 0.827. The average molecular weight is 379 g/mol. The largest absolute Gasteiger partial charge is 0.497 e. The SMILES string of the molecule is COc1ccc2[nH]c(=O)c([C@@H]3CC(=O)Oc4ccc5nsnc5c43)cc2c1. The minimum absolute atomic E-state index is 0.0716. The van der Waals surface area contributed by atoms with Crippen LogP contribution in [0, 0.1) is 0 Å². The Kier molecular flexibility index (Phi) is 3.48. The van der Waals surface area contributed by atoms with E-state index in [1.54, 1.807) is 31.4 Å². The zero-order valence-electron chi connectivity index (χ0n) is 14.2. The van der Waals surface area contributed by atoms with Crippen LogP contribution in [0.3, 0.4) is 0 Å². The maximum Gasteiger partial charge on any atom is 0.312 e. The lowest BCUT2D eigenvalue weighted by atomic mass is 9.85. The molecule has 1 N–H and O–H groups in total. The number of carbonyl (C=O) groups excluding carboxylic acids is 1. The predicted molar refractivity (Wildman–Crippen MR) is 101 cm³/mol.